The van der Waals surface area contributed by atoms with Crippen molar-refractivity contribution < 1.29 is 38.8 Å². The summed E-state index contributed by atoms with van der Waals surface area (Å²) in [4.78, 5) is 35.6. The molecule has 5 atom stereocenters. The van der Waals surface area contributed by atoms with Crippen molar-refractivity contribution >= 4 is 35.3 Å². The van der Waals surface area contributed by atoms with Gasteiger partial charge in [-0.15, -0.1) is 11.8 Å². The van der Waals surface area contributed by atoms with Gasteiger partial charge in [0.05, 0.1) is 24.4 Å². The molecule has 0 aliphatic carbocycles. The lowest BCUT2D eigenvalue weighted by molar-refractivity contribution is -0.268. The molecule has 0 radical (unpaired) electrons. The number of carbonyl (C=O) groups is 3. The van der Waals surface area contributed by atoms with Crippen LogP contribution in [0.2, 0.25) is 0 Å². The van der Waals surface area contributed by atoms with Gasteiger partial charge in [-0.25, -0.2) is 4.79 Å². The molecule has 1 aliphatic heterocycles. The van der Waals surface area contributed by atoms with Crippen molar-refractivity contribution in [2.75, 3.05) is 11.1 Å². The fraction of sp³-hybridized carbons (Fsp3) is 0.323. The first kappa shape index (κ1) is 30.3. The zero-order valence-corrected chi connectivity index (χ0v) is 23.8. The second-order valence-electron chi connectivity index (χ2n) is 9.83. The highest BCUT2D eigenvalue weighted by atomic mass is 32.2. The molecule has 0 unspecified atom stereocenters. The molecule has 216 valence electrons. The van der Waals surface area contributed by atoms with Gasteiger partial charge in [0.25, 0.3) is 5.91 Å². The number of thioether (sulfide) groups is 1. The van der Waals surface area contributed by atoms with Gasteiger partial charge in [0.2, 0.25) is 0 Å². The molecular weight excluding hydrogens is 546 g/mol. The Bertz CT molecular complexity index is 1340. The van der Waals surface area contributed by atoms with Crippen molar-refractivity contribution in [2.24, 2.45) is 5.92 Å². The van der Waals surface area contributed by atoms with E-state index in [1.165, 1.54) is 13.8 Å². The maximum absolute atomic E-state index is 12.3. The van der Waals surface area contributed by atoms with Crippen molar-refractivity contribution in [3.05, 3.63) is 95.1 Å². The second kappa shape index (κ2) is 13.8. The summed E-state index contributed by atoms with van der Waals surface area (Å²) >= 11 is 1.58. The van der Waals surface area contributed by atoms with Crippen molar-refractivity contribution in [3.63, 3.8) is 0 Å². The molecule has 1 heterocycles. The third kappa shape index (κ3) is 7.95. The van der Waals surface area contributed by atoms with Gasteiger partial charge in [-0.1, -0.05) is 43.3 Å². The van der Waals surface area contributed by atoms with Crippen molar-refractivity contribution in [1.29, 1.82) is 0 Å². The van der Waals surface area contributed by atoms with Crippen LogP contribution in [0.1, 0.15) is 60.2 Å². The number of benzene rings is 3. The molecule has 1 amide bonds. The zero-order valence-electron chi connectivity index (χ0n) is 23.0. The lowest BCUT2D eigenvalue weighted by Crippen LogP contribution is -2.38. The Labute approximate surface area is 242 Å². The number of amides is 1. The number of aromatic carboxylic acids is 1. The standard InChI is InChI=1S/C31H33NO8S/c1-18-27(17-41-26-14-10-23(11-15-26)30(36)37)39-31(40-28(18)22-6-4-21(16-33)5-7-22)24-8-12-25(13-9-24)32-29(35)19(2)38-20(3)34/h4-15,18-19,27-28,31,33H,16-17H2,1-3H3,(H,32,35)(H,36,37)/t18-,19+,27+,28+,31+/m1/s1. The maximum atomic E-state index is 12.3. The lowest BCUT2D eigenvalue weighted by atomic mass is 9.91. The fourth-order valence-corrected chi connectivity index (χ4v) is 5.52. The van der Waals surface area contributed by atoms with Gasteiger partial charge in [0.15, 0.2) is 12.4 Å². The number of carboxylic acid groups (broad SMARTS) is 1. The molecule has 0 bridgehead atoms. The van der Waals surface area contributed by atoms with Crippen LogP contribution in [-0.2, 0) is 30.4 Å². The number of rotatable bonds is 10. The highest BCUT2D eigenvalue weighted by Gasteiger charge is 2.38. The average molecular weight is 580 g/mol. The molecule has 0 aromatic heterocycles. The molecule has 9 nitrogen and oxygen atoms in total. The minimum atomic E-state index is -0.967. The number of anilines is 1. The topological polar surface area (TPSA) is 131 Å². The van der Waals surface area contributed by atoms with E-state index in [-0.39, 0.29) is 30.3 Å². The molecule has 0 saturated carbocycles. The van der Waals surface area contributed by atoms with E-state index in [4.69, 9.17) is 14.2 Å². The van der Waals surface area contributed by atoms with Crippen LogP contribution < -0.4 is 5.32 Å². The van der Waals surface area contributed by atoms with E-state index in [0.717, 1.165) is 21.6 Å². The summed E-state index contributed by atoms with van der Waals surface area (Å²) in [5, 5.41) is 21.4. The Morgan fingerprint density at radius 1 is 0.951 bits per heavy atom. The van der Waals surface area contributed by atoms with Gasteiger partial charge in [0.1, 0.15) is 0 Å². The predicted octanol–water partition coefficient (Wildman–Crippen LogP) is 5.35. The van der Waals surface area contributed by atoms with Gasteiger partial charge in [0, 0.05) is 34.7 Å². The second-order valence-corrected chi connectivity index (χ2v) is 10.9. The molecule has 3 N–H and O–H groups in total. The number of carbonyl (C=O) groups excluding carboxylic acids is 2. The maximum Gasteiger partial charge on any atom is 0.335 e. The van der Waals surface area contributed by atoms with Crippen LogP contribution in [0, 0.1) is 5.92 Å². The SMILES string of the molecule is CC(=O)O[C@@H](C)C(=O)Nc1ccc([C@H]2O[C@@H](CSc3ccc(C(=O)O)cc3)[C@@H](C)[C@@H](c3ccc(CO)cc3)O2)cc1. The summed E-state index contributed by atoms with van der Waals surface area (Å²) in [6, 6.07) is 21.5. The first-order chi connectivity index (χ1) is 19.6. The predicted molar refractivity (Wildman–Crippen MR) is 153 cm³/mol. The van der Waals surface area contributed by atoms with E-state index < -0.39 is 30.2 Å². The highest BCUT2D eigenvalue weighted by molar-refractivity contribution is 7.99. The Kier molecular flexibility index (Phi) is 10.2. The average Bonchev–Trinajstić information content (AvgIpc) is 2.97. The Hall–Kier alpha value is -3.70. The van der Waals surface area contributed by atoms with Gasteiger partial charge >= 0.3 is 11.9 Å². The number of ether oxygens (including phenoxy) is 3. The van der Waals surface area contributed by atoms with Crippen LogP contribution in [0.25, 0.3) is 0 Å². The van der Waals surface area contributed by atoms with Crippen molar-refractivity contribution in [3.8, 4) is 0 Å². The lowest BCUT2D eigenvalue weighted by Gasteiger charge is -2.41. The molecule has 3 aromatic carbocycles. The number of hydrogen-bond donors (Lipinski definition) is 3. The summed E-state index contributed by atoms with van der Waals surface area (Å²) in [6.07, 6.45) is -2.09. The highest BCUT2D eigenvalue weighted by Crippen LogP contribution is 2.43. The number of carboxylic acids is 1. The minimum absolute atomic E-state index is 0.0154. The largest absolute Gasteiger partial charge is 0.478 e. The number of aliphatic hydroxyl groups is 1. The van der Waals surface area contributed by atoms with Crippen molar-refractivity contribution in [2.45, 2.75) is 56.9 Å². The first-order valence-electron chi connectivity index (χ1n) is 13.2. The van der Waals surface area contributed by atoms with Crippen LogP contribution in [-0.4, -0.2) is 46.0 Å². The van der Waals surface area contributed by atoms with E-state index in [9.17, 15) is 24.6 Å². The van der Waals surface area contributed by atoms with E-state index in [0.29, 0.717) is 11.4 Å². The summed E-state index contributed by atoms with van der Waals surface area (Å²) in [7, 11) is 0. The van der Waals surface area contributed by atoms with Crippen LogP contribution in [0.15, 0.2) is 77.7 Å². The van der Waals surface area contributed by atoms with Gasteiger partial charge in [-0.2, -0.15) is 0 Å². The molecule has 0 spiro atoms. The van der Waals surface area contributed by atoms with Gasteiger partial charge in [-0.05, 0) is 54.4 Å². The summed E-state index contributed by atoms with van der Waals surface area (Å²) < 4.78 is 17.8. The molecule has 1 aliphatic rings. The summed E-state index contributed by atoms with van der Waals surface area (Å²) in [6.45, 7) is 4.78. The van der Waals surface area contributed by atoms with E-state index in [2.05, 4.69) is 12.2 Å². The Balaban J connectivity index is 1.51. The smallest absolute Gasteiger partial charge is 0.335 e. The van der Waals surface area contributed by atoms with Gasteiger partial charge < -0.3 is 29.7 Å². The normalized spacial score (nSPS) is 21.1. The monoisotopic (exact) mass is 579 g/mol. The molecule has 10 heteroatoms. The third-order valence-electron chi connectivity index (χ3n) is 6.80. The summed E-state index contributed by atoms with van der Waals surface area (Å²) in [5.41, 5.74) is 3.31. The molecule has 1 fully saturated rings. The van der Waals surface area contributed by atoms with Crippen LogP contribution >= 0.6 is 11.8 Å². The number of aliphatic hydroxyl groups excluding tert-OH is 1. The van der Waals surface area contributed by atoms with E-state index in [1.807, 2.05) is 36.4 Å². The van der Waals surface area contributed by atoms with Crippen LogP contribution in [0.5, 0.6) is 0 Å². The zero-order chi connectivity index (χ0) is 29.5. The number of esters is 1. The number of hydrogen-bond acceptors (Lipinski definition) is 8. The molecule has 41 heavy (non-hydrogen) atoms. The van der Waals surface area contributed by atoms with E-state index >= 15 is 0 Å². The molecule has 4 rings (SSSR count). The first-order valence-corrected chi connectivity index (χ1v) is 14.2. The van der Waals surface area contributed by atoms with Crippen LogP contribution in [0.4, 0.5) is 5.69 Å². The molecule has 3 aromatic rings. The fourth-order valence-electron chi connectivity index (χ4n) is 4.45. The van der Waals surface area contributed by atoms with Crippen molar-refractivity contribution in [1.82, 2.24) is 0 Å². The number of nitrogens with one attached hydrogen (secondary N) is 1. The summed E-state index contributed by atoms with van der Waals surface area (Å²) in [5.74, 6) is -1.34. The molecular formula is C31H33NO8S. The Morgan fingerprint density at radius 3 is 2.17 bits per heavy atom. The third-order valence-corrected chi connectivity index (χ3v) is 7.90. The quantitative estimate of drug-likeness (QED) is 0.215. The minimum Gasteiger partial charge on any atom is -0.478 e. The van der Waals surface area contributed by atoms with E-state index in [1.54, 1.807) is 48.2 Å². The Morgan fingerprint density at radius 2 is 1.59 bits per heavy atom. The van der Waals surface area contributed by atoms with Gasteiger partial charge in [-0.3, -0.25) is 9.59 Å². The molecule has 1 saturated heterocycles. The van der Waals surface area contributed by atoms with Crippen LogP contribution in [0.3, 0.4) is 0 Å².